The largest absolute Gasteiger partial charge is 0.481 e. The number of carboxylic acids is 1. The minimum Gasteiger partial charge on any atom is -0.481 e. The van der Waals surface area contributed by atoms with Crippen LogP contribution in [0.2, 0.25) is 0 Å². The molecule has 3 N–H and O–H groups in total. The molecular formula is C13H16N2O3. The fraction of sp³-hybridized carbons (Fsp3) is 0.385. The smallest absolute Gasteiger partial charge is 0.306 e. The van der Waals surface area contributed by atoms with Crippen LogP contribution in [0.5, 0.6) is 0 Å². The van der Waals surface area contributed by atoms with Crippen LogP contribution in [-0.2, 0) is 4.79 Å². The molecule has 2 atom stereocenters. The van der Waals surface area contributed by atoms with Gasteiger partial charge in [0.25, 0.3) is 0 Å². The first-order valence-corrected chi connectivity index (χ1v) is 5.83. The van der Waals surface area contributed by atoms with E-state index in [1.165, 1.54) is 0 Å². The first-order chi connectivity index (χ1) is 8.47. The molecule has 96 valence electrons. The van der Waals surface area contributed by atoms with Gasteiger partial charge in [0.15, 0.2) is 11.5 Å². The summed E-state index contributed by atoms with van der Waals surface area (Å²) in [5.74, 6) is -0.691. The number of aryl methyl sites for hydroxylation is 1. The van der Waals surface area contributed by atoms with Crippen LogP contribution in [0, 0.1) is 12.8 Å². The molecule has 18 heavy (non-hydrogen) atoms. The highest BCUT2D eigenvalue weighted by Gasteiger charge is 2.17. The lowest BCUT2D eigenvalue weighted by Crippen LogP contribution is -2.19. The number of hydrogen-bond acceptors (Lipinski definition) is 4. The third-order valence-corrected chi connectivity index (χ3v) is 2.98. The molecule has 2 rings (SSSR count). The molecule has 1 heterocycles. The van der Waals surface area contributed by atoms with E-state index in [0.29, 0.717) is 17.9 Å². The summed E-state index contributed by atoms with van der Waals surface area (Å²) in [4.78, 5) is 15.0. The number of nitrogens with two attached hydrogens (primary N) is 1. The van der Waals surface area contributed by atoms with E-state index in [1.807, 2.05) is 18.2 Å². The molecule has 0 spiro atoms. The van der Waals surface area contributed by atoms with Crippen molar-refractivity contribution < 1.29 is 14.3 Å². The summed E-state index contributed by atoms with van der Waals surface area (Å²) in [6.45, 7) is 3.44. The second-order valence-corrected chi connectivity index (χ2v) is 4.54. The Morgan fingerprint density at radius 2 is 2.28 bits per heavy atom. The van der Waals surface area contributed by atoms with E-state index < -0.39 is 11.9 Å². The number of benzene rings is 1. The standard InChI is InChI=1S/C13H16N2O3/c1-7(13(16)17)5-10(14)9-3-4-11-12(6-9)18-8(2)15-11/h3-4,6-7,10H,5,14H2,1-2H3,(H,16,17). The Kier molecular flexibility index (Phi) is 3.34. The normalized spacial score (nSPS) is 14.6. The van der Waals surface area contributed by atoms with Crippen LogP contribution in [0.4, 0.5) is 0 Å². The molecule has 5 nitrogen and oxygen atoms in total. The molecule has 0 aliphatic rings. The van der Waals surface area contributed by atoms with Crippen LogP contribution in [0.1, 0.15) is 30.8 Å². The number of rotatable bonds is 4. The van der Waals surface area contributed by atoms with E-state index in [9.17, 15) is 4.79 Å². The molecule has 0 bridgehead atoms. The molecule has 0 amide bonds. The molecule has 2 unspecified atom stereocenters. The first-order valence-electron chi connectivity index (χ1n) is 5.83. The van der Waals surface area contributed by atoms with Crippen molar-refractivity contribution >= 4 is 17.1 Å². The quantitative estimate of drug-likeness (QED) is 0.866. The van der Waals surface area contributed by atoms with Gasteiger partial charge < -0.3 is 15.3 Å². The Bertz CT molecular complexity index is 577. The number of aliphatic carboxylic acids is 1. The van der Waals surface area contributed by atoms with Crippen molar-refractivity contribution in [3.63, 3.8) is 0 Å². The number of carboxylic acid groups (broad SMARTS) is 1. The minimum absolute atomic E-state index is 0.314. The van der Waals surface area contributed by atoms with Crippen LogP contribution in [0.15, 0.2) is 22.6 Å². The highest BCUT2D eigenvalue weighted by atomic mass is 16.4. The van der Waals surface area contributed by atoms with Gasteiger partial charge in [0.05, 0.1) is 5.92 Å². The highest BCUT2D eigenvalue weighted by Crippen LogP contribution is 2.23. The lowest BCUT2D eigenvalue weighted by Gasteiger charge is -2.14. The van der Waals surface area contributed by atoms with Crippen LogP contribution in [0.3, 0.4) is 0 Å². The molecule has 0 fully saturated rings. The SMILES string of the molecule is Cc1nc2ccc(C(N)CC(C)C(=O)O)cc2o1. The second kappa shape index (κ2) is 4.78. The van der Waals surface area contributed by atoms with Gasteiger partial charge in [-0.05, 0) is 24.1 Å². The van der Waals surface area contributed by atoms with E-state index in [4.69, 9.17) is 15.3 Å². The molecule has 2 aromatic rings. The maximum absolute atomic E-state index is 10.8. The van der Waals surface area contributed by atoms with Crippen LogP contribution in [0.25, 0.3) is 11.1 Å². The molecular weight excluding hydrogens is 232 g/mol. The lowest BCUT2D eigenvalue weighted by molar-refractivity contribution is -0.141. The van der Waals surface area contributed by atoms with Gasteiger partial charge in [-0.2, -0.15) is 0 Å². The fourth-order valence-corrected chi connectivity index (χ4v) is 1.90. The van der Waals surface area contributed by atoms with Crippen molar-refractivity contribution in [2.24, 2.45) is 11.7 Å². The molecule has 0 saturated heterocycles. The minimum atomic E-state index is -0.831. The summed E-state index contributed by atoms with van der Waals surface area (Å²) in [7, 11) is 0. The zero-order valence-corrected chi connectivity index (χ0v) is 10.4. The first kappa shape index (κ1) is 12.6. The second-order valence-electron chi connectivity index (χ2n) is 4.54. The molecule has 0 aliphatic carbocycles. The number of oxazole rings is 1. The molecule has 5 heteroatoms. The fourth-order valence-electron chi connectivity index (χ4n) is 1.90. The van der Waals surface area contributed by atoms with Crippen LogP contribution < -0.4 is 5.73 Å². The molecule has 0 radical (unpaired) electrons. The summed E-state index contributed by atoms with van der Waals surface area (Å²) < 4.78 is 5.43. The predicted molar refractivity (Wildman–Crippen MR) is 67.1 cm³/mol. The van der Waals surface area contributed by atoms with E-state index in [0.717, 1.165) is 11.1 Å². The van der Waals surface area contributed by atoms with Crippen molar-refractivity contribution in [1.29, 1.82) is 0 Å². The summed E-state index contributed by atoms with van der Waals surface area (Å²) in [5, 5.41) is 8.87. The maximum atomic E-state index is 10.8. The third-order valence-electron chi connectivity index (χ3n) is 2.98. The van der Waals surface area contributed by atoms with Gasteiger partial charge in [-0.25, -0.2) is 4.98 Å². The Morgan fingerprint density at radius 3 is 2.94 bits per heavy atom. The third kappa shape index (κ3) is 2.51. The zero-order valence-electron chi connectivity index (χ0n) is 10.4. The van der Waals surface area contributed by atoms with Gasteiger partial charge in [-0.15, -0.1) is 0 Å². The number of carbonyl (C=O) groups is 1. The maximum Gasteiger partial charge on any atom is 0.306 e. The van der Waals surface area contributed by atoms with Crippen molar-refractivity contribution in [2.45, 2.75) is 26.3 Å². The van der Waals surface area contributed by atoms with E-state index >= 15 is 0 Å². The number of aromatic nitrogens is 1. The van der Waals surface area contributed by atoms with Gasteiger partial charge in [-0.3, -0.25) is 4.79 Å². The van der Waals surface area contributed by atoms with Gasteiger partial charge in [0, 0.05) is 13.0 Å². The van der Waals surface area contributed by atoms with Crippen molar-refractivity contribution in [3.05, 3.63) is 29.7 Å². The summed E-state index contributed by atoms with van der Waals surface area (Å²) >= 11 is 0. The summed E-state index contributed by atoms with van der Waals surface area (Å²) in [5.41, 5.74) is 8.34. The van der Waals surface area contributed by atoms with Gasteiger partial charge >= 0.3 is 5.97 Å². The number of hydrogen-bond donors (Lipinski definition) is 2. The summed E-state index contributed by atoms with van der Waals surface area (Å²) in [6.07, 6.45) is 0.397. The van der Waals surface area contributed by atoms with Crippen molar-refractivity contribution in [1.82, 2.24) is 4.98 Å². The molecule has 0 saturated carbocycles. The summed E-state index contributed by atoms with van der Waals surface area (Å²) in [6, 6.07) is 5.22. The Labute approximate surface area is 105 Å². The van der Waals surface area contributed by atoms with E-state index in [1.54, 1.807) is 13.8 Å². The van der Waals surface area contributed by atoms with Crippen LogP contribution >= 0.6 is 0 Å². The average molecular weight is 248 g/mol. The lowest BCUT2D eigenvalue weighted by atomic mass is 9.96. The highest BCUT2D eigenvalue weighted by molar-refractivity contribution is 5.73. The Hall–Kier alpha value is -1.88. The predicted octanol–water partition coefficient (Wildman–Crippen LogP) is 2.25. The van der Waals surface area contributed by atoms with Crippen molar-refractivity contribution in [2.75, 3.05) is 0 Å². The van der Waals surface area contributed by atoms with E-state index in [2.05, 4.69) is 4.98 Å². The molecule has 1 aromatic carbocycles. The monoisotopic (exact) mass is 248 g/mol. The number of nitrogens with zero attached hydrogens (tertiary/aromatic N) is 1. The Balaban J connectivity index is 2.22. The molecule has 1 aromatic heterocycles. The topological polar surface area (TPSA) is 89.3 Å². The van der Waals surface area contributed by atoms with Crippen molar-refractivity contribution in [3.8, 4) is 0 Å². The number of fused-ring (bicyclic) bond motifs is 1. The van der Waals surface area contributed by atoms with Gasteiger partial charge in [0.2, 0.25) is 0 Å². The molecule has 0 aliphatic heterocycles. The van der Waals surface area contributed by atoms with Gasteiger partial charge in [-0.1, -0.05) is 13.0 Å². The van der Waals surface area contributed by atoms with Gasteiger partial charge in [0.1, 0.15) is 5.52 Å². The average Bonchev–Trinajstić information content (AvgIpc) is 2.67. The Morgan fingerprint density at radius 1 is 1.56 bits per heavy atom. The zero-order chi connectivity index (χ0) is 13.3. The van der Waals surface area contributed by atoms with E-state index in [-0.39, 0.29) is 6.04 Å². The van der Waals surface area contributed by atoms with Crippen LogP contribution in [-0.4, -0.2) is 16.1 Å².